The number of carbonyl (C=O) groups excluding carboxylic acids is 4. The number of hydrogen-bond acceptors (Lipinski definition) is 6. The second kappa shape index (κ2) is 8.04. The summed E-state index contributed by atoms with van der Waals surface area (Å²) in [6.07, 6.45) is -4.15. The van der Waals surface area contributed by atoms with Crippen molar-refractivity contribution in [3.05, 3.63) is 34.9 Å². The summed E-state index contributed by atoms with van der Waals surface area (Å²) in [5.41, 5.74) is 0.874. The van der Waals surface area contributed by atoms with E-state index < -0.39 is 41.8 Å². The molecule has 2 fully saturated rings. The molecular weight excluding hydrogens is 417 g/mol. The van der Waals surface area contributed by atoms with Crippen molar-refractivity contribution in [1.29, 1.82) is 0 Å². The van der Waals surface area contributed by atoms with Gasteiger partial charge in [-0.1, -0.05) is 12.1 Å². The molecule has 1 aromatic rings. The predicted molar refractivity (Wildman–Crippen MR) is 101 cm³/mol. The number of amides is 4. The molecule has 3 aliphatic rings. The molecule has 0 aliphatic carbocycles. The van der Waals surface area contributed by atoms with Crippen LogP contribution in [0.5, 0.6) is 0 Å². The summed E-state index contributed by atoms with van der Waals surface area (Å²) in [6, 6.07) is 3.37. The first-order valence-electron chi connectivity index (χ1n) is 10.0. The molecule has 8 nitrogen and oxygen atoms in total. The molecule has 166 valence electrons. The number of nitrogens with zero attached hydrogens (tertiary/aromatic N) is 1. The van der Waals surface area contributed by atoms with Crippen LogP contribution in [-0.2, 0) is 16.1 Å². The first-order valence-corrected chi connectivity index (χ1v) is 10.0. The molecule has 0 radical (unpaired) electrons. The van der Waals surface area contributed by atoms with E-state index in [1.807, 2.05) is 0 Å². The van der Waals surface area contributed by atoms with Gasteiger partial charge in [-0.15, -0.1) is 0 Å². The molecule has 0 bridgehead atoms. The Bertz CT molecular complexity index is 949. The summed E-state index contributed by atoms with van der Waals surface area (Å²) in [5.74, 6) is -3.71. The molecule has 0 aromatic heterocycles. The van der Waals surface area contributed by atoms with E-state index in [2.05, 4.69) is 16.0 Å². The number of imide groups is 2. The van der Waals surface area contributed by atoms with Crippen LogP contribution in [0, 0.1) is 5.92 Å². The first-order chi connectivity index (χ1) is 14.7. The fraction of sp³-hybridized carbons (Fsp3) is 0.500. The number of halogens is 3. The second-order valence-electron chi connectivity index (χ2n) is 8.00. The zero-order chi connectivity index (χ0) is 22.3. The van der Waals surface area contributed by atoms with Crippen LogP contribution in [0.4, 0.5) is 13.2 Å². The van der Waals surface area contributed by atoms with Gasteiger partial charge in [0, 0.05) is 32.1 Å². The number of carbonyl (C=O) groups is 4. The van der Waals surface area contributed by atoms with Gasteiger partial charge in [-0.05, 0) is 24.5 Å². The molecule has 4 rings (SSSR count). The Labute approximate surface area is 175 Å². The summed E-state index contributed by atoms with van der Waals surface area (Å²) in [6.45, 7) is 0.333. The van der Waals surface area contributed by atoms with Gasteiger partial charge in [0.05, 0.1) is 17.0 Å². The van der Waals surface area contributed by atoms with E-state index in [-0.39, 0.29) is 56.1 Å². The van der Waals surface area contributed by atoms with Crippen LogP contribution in [0.1, 0.15) is 45.5 Å². The Morgan fingerprint density at radius 1 is 1.13 bits per heavy atom. The number of piperidine rings is 1. The summed E-state index contributed by atoms with van der Waals surface area (Å²) >= 11 is 0. The van der Waals surface area contributed by atoms with E-state index in [0.717, 1.165) is 4.90 Å². The Hall–Kier alpha value is -2.79. The van der Waals surface area contributed by atoms with Gasteiger partial charge in [0.25, 0.3) is 11.8 Å². The van der Waals surface area contributed by atoms with Crippen LogP contribution in [-0.4, -0.2) is 59.9 Å². The molecule has 4 amide bonds. The Morgan fingerprint density at radius 2 is 1.90 bits per heavy atom. The highest BCUT2D eigenvalue weighted by Crippen LogP contribution is 2.33. The molecule has 3 heterocycles. The van der Waals surface area contributed by atoms with Gasteiger partial charge in [0.2, 0.25) is 11.8 Å². The lowest BCUT2D eigenvalue weighted by molar-refractivity contribution is -0.169. The monoisotopic (exact) mass is 438 g/mol. The van der Waals surface area contributed by atoms with Crippen molar-refractivity contribution >= 4 is 23.6 Å². The van der Waals surface area contributed by atoms with E-state index in [0.29, 0.717) is 5.56 Å². The fourth-order valence-electron chi connectivity index (χ4n) is 4.34. The zero-order valence-corrected chi connectivity index (χ0v) is 16.4. The maximum Gasteiger partial charge on any atom is 0.393 e. The molecule has 3 atom stereocenters. The zero-order valence-electron chi connectivity index (χ0n) is 16.4. The van der Waals surface area contributed by atoms with Gasteiger partial charge in [-0.2, -0.15) is 13.2 Å². The number of benzene rings is 1. The fourth-order valence-corrected chi connectivity index (χ4v) is 4.34. The topological polar surface area (TPSA) is 108 Å². The van der Waals surface area contributed by atoms with E-state index in [1.54, 1.807) is 12.1 Å². The molecule has 3 N–H and O–H groups in total. The Kier molecular flexibility index (Phi) is 5.56. The summed E-state index contributed by atoms with van der Waals surface area (Å²) in [5, 5.41) is 8.04. The van der Waals surface area contributed by atoms with E-state index in [1.165, 1.54) is 6.07 Å². The number of alkyl halides is 3. The highest BCUT2D eigenvalue weighted by Gasteiger charge is 2.46. The third kappa shape index (κ3) is 4.07. The predicted octanol–water partition coefficient (Wildman–Crippen LogP) is 0.718. The van der Waals surface area contributed by atoms with Crippen LogP contribution >= 0.6 is 0 Å². The highest BCUT2D eigenvalue weighted by atomic mass is 19.4. The second-order valence-corrected chi connectivity index (χ2v) is 8.00. The molecule has 1 aromatic carbocycles. The molecule has 1 unspecified atom stereocenters. The van der Waals surface area contributed by atoms with Crippen molar-refractivity contribution in [1.82, 2.24) is 20.9 Å². The average molecular weight is 438 g/mol. The summed E-state index contributed by atoms with van der Waals surface area (Å²) in [4.78, 5) is 50.2. The number of hydrogen-bond donors (Lipinski definition) is 3. The maximum absolute atomic E-state index is 13.0. The third-order valence-corrected chi connectivity index (χ3v) is 5.95. The minimum Gasteiger partial charge on any atom is -0.312 e. The van der Waals surface area contributed by atoms with Crippen molar-refractivity contribution in [2.75, 3.05) is 13.1 Å². The Balaban J connectivity index is 1.43. The van der Waals surface area contributed by atoms with Gasteiger partial charge in [-0.3, -0.25) is 29.4 Å². The largest absolute Gasteiger partial charge is 0.393 e. The number of rotatable bonds is 5. The van der Waals surface area contributed by atoms with Crippen molar-refractivity contribution in [2.24, 2.45) is 5.92 Å². The van der Waals surface area contributed by atoms with E-state index in [9.17, 15) is 32.3 Å². The maximum atomic E-state index is 13.0. The van der Waals surface area contributed by atoms with Crippen LogP contribution in [0.3, 0.4) is 0 Å². The van der Waals surface area contributed by atoms with Crippen LogP contribution in [0.2, 0.25) is 0 Å². The molecule has 11 heteroatoms. The Morgan fingerprint density at radius 3 is 2.58 bits per heavy atom. The van der Waals surface area contributed by atoms with Gasteiger partial charge in [0.15, 0.2) is 0 Å². The molecule has 3 aliphatic heterocycles. The molecule has 2 saturated heterocycles. The number of fused-ring (bicyclic) bond motifs is 1. The normalized spacial score (nSPS) is 26.4. The van der Waals surface area contributed by atoms with Crippen molar-refractivity contribution < 1.29 is 32.3 Å². The molecular formula is C20H21F3N4O4. The lowest BCUT2D eigenvalue weighted by Gasteiger charge is -2.27. The lowest BCUT2D eigenvalue weighted by Crippen LogP contribution is -2.54. The van der Waals surface area contributed by atoms with Crippen LogP contribution < -0.4 is 16.0 Å². The van der Waals surface area contributed by atoms with Gasteiger partial charge < -0.3 is 10.6 Å². The number of nitrogens with one attached hydrogen (secondary N) is 3. The summed E-state index contributed by atoms with van der Waals surface area (Å²) in [7, 11) is 0. The molecule has 31 heavy (non-hydrogen) atoms. The van der Waals surface area contributed by atoms with Crippen molar-refractivity contribution in [2.45, 2.75) is 44.1 Å². The standard InChI is InChI=1S/C20H21F3N4O4/c21-20(22,23)11-6-12(25-8-11)9-24-7-10-2-1-3-13-16(10)19(31)27(18(13)30)14-4-5-15(28)26-17(14)29/h1-3,11-12,14,24-25H,4-9H2,(H,26,28,29)/t11-,12-,14?/m0/s1. The minimum atomic E-state index is -4.23. The van der Waals surface area contributed by atoms with Crippen molar-refractivity contribution in [3.8, 4) is 0 Å². The molecule has 0 spiro atoms. The highest BCUT2D eigenvalue weighted by molar-refractivity contribution is 6.24. The third-order valence-electron chi connectivity index (χ3n) is 5.95. The average Bonchev–Trinajstić information content (AvgIpc) is 3.27. The van der Waals surface area contributed by atoms with Gasteiger partial charge in [-0.25, -0.2) is 0 Å². The van der Waals surface area contributed by atoms with E-state index in [4.69, 9.17) is 0 Å². The lowest BCUT2D eigenvalue weighted by atomic mass is 10.0. The SMILES string of the molecule is O=C1CCC(N2C(=O)c3cccc(CNC[C@@H]4C[C@H](C(F)(F)F)CN4)c3C2=O)C(=O)N1. The van der Waals surface area contributed by atoms with Crippen LogP contribution in [0.15, 0.2) is 18.2 Å². The minimum absolute atomic E-state index is 0.0237. The van der Waals surface area contributed by atoms with Gasteiger partial charge >= 0.3 is 6.18 Å². The quantitative estimate of drug-likeness (QED) is 0.585. The van der Waals surface area contributed by atoms with Crippen LogP contribution in [0.25, 0.3) is 0 Å². The van der Waals surface area contributed by atoms with Crippen molar-refractivity contribution in [3.63, 3.8) is 0 Å². The summed E-state index contributed by atoms with van der Waals surface area (Å²) < 4.78 is 38.4. The van der Waals surface area contributed by atoms with E-state index >= 15 is 0 Å². The molecule has 0 saturated carbocycles. The first kappa shape index (κ1) is 21.4. The smallest absolute Gasteiger partial charge is 0.312 e. The van der Waals surface area contributed by atoms with Gasteiger partial charge in [0.1, 0.15) is 6.04 Å².